The normalized spacial score (nSPS) is 10.8. The van der Waals surface area contributed by atoms with Gasteiger partial charge in [0, 0.05) is 11.6 Å². The van der Waals surface area contributed by atoms with Crippen LogP contribution in [0.2, 0.25) is 0 Å². The summed E-state index contributed by atoms with van der Waals surface area (Å²) >= 11 is 0. The van der Waals surface area contributed by atoms with Gasteiger partial charge < -0.3 is 10.1 Å². The second-order valence-corrected chi connectivity index (χ2v) is 7.51. The summed E-state index contributed by atoms with van der Waals surface area (Å²) in [6, 6.07) is 18.6. The summed E-state index contributed by atoms with van der Waals surface area (Å²) in [4.78, 5) is 30.8. The summed E-state index contributed by atoms with van der Waals surface area (Å²) in [7, 11) is 1.54. The zero-order valence-electron chi connectivity index (χ0n) is 17.7. The third kappa shape index (κ3) is 4.19. The molecule has 31 heavy (non-hydrogen) atoms. The number of aromatic nitrogens is 2. The van der Waals surface area contributed by atoms with Gasteiger partial charge in [-0.05, 0) is 55.3 Å². The maximum Gasteiger partial charge on any atom is 0.265 e. The number of nitrogens with zero attached hydrogens (tertiary/aromatic N) is 2. The Hall–Kier alpha value is -3.93. The van der Waals surface area contributed by atoms with E-state index in [2.05, 4.69) is 10.3 Å². The molecule has 0 aliphatic heterocycles. The number of carbonyl (C=O) groups excluding carboxylic acids is 1. The van der Waals surface area contributed by atoms with Crippen LogP contribution < -0.4 is 15.6 Å². The minimum absolute atomic E-state index is 0.0520. The quantitative estimate of drug-likeness (QED) is 0.529. The molecule has 4 rings (SSSR count). The fourth-order valence-electron chi connectivity index (χ4n) is 3.50. The molecule has 0 spiro atoms. The summed E-state index contributed by atoms with van der Waals surface area (Å²) in [6.07, 6.45) is 1.64. The molecule has 2 aromatic carbocycles. The van der Waals surface area contributed by atoms with Gasteiger partial charge in [0.2, 0.25) is 0 Å². The standard InChI is InChI=1S/C25H23N3O3/c1-16-6-9-18(10-7-16)15-28-23-19(5-4-12-26-23)14-20(25(28)30)24(29)27-21-13-17(2)8-11-22(21)31-3/h4-14H,15H2,1-3H3,(H,27,29). The molecule has 4 aromatic rings. The number of hydrogen-bond donors (Lipinski definition) is 1. The Kier molecular flexibility index (Phi) is 5.54. The average molecular weight is 413 g/mol. The van der Waals surface area contributed by atoms with Crippen LogP contribution in [-0.2, 0) is 6.54 Å². The molecule has 0 fully saturated rings. The summed E-state index contributed by atoms with van der Waals surface area (Å²) in [5.41, 5.74) is 3.78. The van der Waals surface area contributed by atoms with Gasteiger partial charge in [-0.2, -0.15) is 0 Å². The summed E-state index contributed by atoms with van der Waals surface area (Å²) in [6.45, 7) is 4.25. The van der Waals surface area contributed by atoms with Crippen molar-refractivity contribution in [2.24, 2.45) is 0 Å². The second-order valence-electron chi connectivity index (χ2n) is 7.51. The Bertz CT molecular complexity index is 1320. The smallest absolute Gasteiger partial charge is 0.265 e. The van der Waals surface area contributed by atoms with Crippen molar-refractivity contribution >= 4 is 22.6 Å². The highest BCUT2D eigenvalue weighted by Crippen LogP contribution is 2.25. The Labute approximate surface area is 180 Å². The van der Waals surface area contributed by atoms with E-state index in [0.29, 0.717) is 23.6 Å². The summed E-state index contributed by atoms with van der Waals surface area (Å²) in [5.74, 6) is 0.0405. The van der Waals surface area contributed by atoms with E-state index in [1.54, 1.807) is 29.0 Å². The van der Waals surface area contributed by atoms with E-state index in [1.807, 2.05) is 56.3 Å². The number of hydrogen-bond acceptors (Lipinski definition) is 4. The minimum Gasteiger partial charge on any atom is -0.495 e. The lowest BCUT2D eigenvalue weighted by molar-refractivity contribution is 0.102. The third-order valence-corrected chi connectivity index (χ3v) is 5.16. The molecule has 6 heteroatoms. The first-order chi connectivity index (χ1) is 15.0. The molecular formula is C25H23N3O3. The van der Waals surface area contributed by atoms with Gasteiger partial charge in [-0.25, -0.2) is 4.98 Å². The van der Waals surface area contributed by atoms with E-state index in [1.165, 1.54) is 7.11 Å². The van der Waals surface area contributed by atoms with Crippen molar-refractivity contribution in [1.29, 1.82) is 0 Å². The van der Waals surface area contributed by atoms with Crippen molar-refractivity contribution in [1.82, 2.24) is 9.55 Å². The summed E-state index contributed by atoms with van der Waals surface area (Å²) in [5, 5.41) is 3.54. The van der Waals surface area contributed by atoms with Gasteiger partial charge in [-0.3, -0.25) is 14.2 Å². The molecule has 0 radical (unpaired) electrons. The predicted molar refractivity (Wildman–Crippen MR) is 122 cm³/mol. The van der Waals surface area contributed by atoms with Crippen LogP contribution in [0, 0.1) is 13.8 Å². The largest absolute Gasteiger partial charge is 0.495 e. The molecule has 0 aliphatic carbocycles. The number of carbonyl (C=O) groups is 1. The number of amides is 1. The van der Waals surface area contributed by atoms with Crippen molar-refractivity contribution < 1.29 is 9.53 Å². The molecule has 0 bridgehead atoms. The fourth-order valence-corrected chi connectivity index (χ4v) is 3.50. The average Bonchev–Trinajstić information content (AvgIpc) is 2.77. The molecular weight excluding hydrogens is 390 g/mol. The van der Waals surface area contributed by atoms with Gasteiger partial charge in [0.05, 0.1) is 19.3 Å². The minimum atomic E-state index is -0.489. The molecule has 0 saturated carbocycles. The predicted octanol–water partition coefficient (Wildman–Crippen LogP) is 4.32. The van der Waals surface area contributed by atoms with Gasteiger partial charge in [0.15, 0.2) is 0 Å². The summed E-state index contributed by atoms with van der Waals surface area (Å²) < 4.78 is 6.89. The number of methoxy groups -OCH3 is 1. The van der Waals surface area contributed by atoms with Crippen molar-refractivity contribution in [2.45, 2.75) is 20.4 Å². The first-order valence-electron chi connectivity index (χ1n) is 9.96. The lowest BCUT2D eigenvalue weighted by Gasteiger charge is -2.14. The second kappa shape index (κ2) is 8.44. The van der Waals surface area contributed by atoms with Crippen LogP contribution in [0.4, 0.5) is 5.69 Å². The number of fused-ring (bicyclic) bond motifs is 1. The number of aryl methyl sites for hydroxylation is 2. The van der Waals surface area contributed by atoms with Gasteiger partial charge in [0.1, 0.15) is 17.0 Å². The molecule has 0 atom stereocenters. The molecule has 6 nitrogen and oxygen atoms in total. The number of pyridine rings is 2. The van der Waals surface area contributed by atoms with Crippen LogP contribution in [0.25, 0.3) is 11.0 Å². The molecule has 2 heterocycles. The van der Waals surface area contributed by atoms with Crippen molar-refractivity contribution in [2.75, 3.05) is 12.4 Å². The number of ether oxygens (including phenoxy) is 1. The van der Waals surface area contributed by atoms with E-state index in [0.717, 1.165) is 22.1 Å². The molecule has 0 aliphatic rings. The monoisotopic (exact) mass is 413 g/mol. The van der Waals surface area contributed by atoms with Crippen molar-refractivity contribution in [3.8, 4) is 5.75 Å². The first-order valence-corrected chi connectivity index (χ1v) is 9.96. The Balaban J connectivity index is 1.79. The van der Waals surface area contributed by atoms with E-state index >= 15 is 0 Å². The van der Waals surface area contributed by atoms with Gasteiger partial charge >= 0.3 is 0 Å². The van der Waals surface area contributed by atoms with Crippen molar-refractivity contribution in [3.05, 3.63) is 99.5 Å². The number of nitrogens with one attached hydrogen (secondary N) is 1. The van der Waals surface area contributed by atoms with Crippen LogP contribution in [0.15, 0.2) is 71.7 Å². The van der Waals surface area contributed by atoms with Crippen LogP contribution in [-0.4, -0.2) is 22.6 Å². The maximum atomic E-state index is 13.3. The Morgan fingerprint density at radius 3 is 2.52 bits per heavy atom. The van der Waals surface area contributed by atoms with Gasteiger partial charge in [-0.1, -0.05) is 35.9 Å². The number of rotatable bonds is 5. The Morgan fingerprint density at radius 2 is 1.77 bits per heavy atom. The van der Waals surface area contributed by atoms with E-state index in [-0.39, 0.29) is 5.56 Å². The van der Waals surface area contributed by atoms with Crippen LogP contribution in [0.5, 0.6) is 5.75 Å². The zero-order chi connectivity index (χ0) is 22.0. The SMILES string of the molecule is COc1ccc(C)cc1NC(=O)c1cc2cccnc2n(Cc2ccc(C)cc2)c1=O. The third-order valence-electron chi connectivity index (χ3n) is 5.16. The highest BCUT2D eigenvalue weighted by molar-refractivity contribution is 6.06. The zero-order valence-corrected chi connectivity index (χ0v) is 17.7. The van der Waals surface area contributed by atoms with Crippen LogP contribution in [0.3, 0.4) is 0 Å². The molecule has 1 N–H and O–H groups in total. The number of benzene rings is 2. The lowest BCUT2D eigenvalue weighted by atomic mass is 10.1. The molecule has 0 unspecified atom stereocenters. The van der Waals surface area contributed by atoms with E-state index in [4.69, 9.17) is 4.74 Å². The van der Waals surface area contributed by atoms with Gasteiger partial charge in [-0.15, -0.1) is 0 Å². The van der Waals surface area contributed by atoms with Crippen molar-refractivity contribution in [3.63, 3.8) is 0 Å². The van der Waals surface area contributed by atoms with Crippen LogP contribution >= 0.6 is 0 Å². The molecule has 156 valence electrons. The molecule has 1 amide bonds. The highest BCUT2D eigenvalue weighted by Gasteiger charge is 2.18. The first kappa shape index (κ1) is 20.3. The van der Waals surface area contributed by atoms with E-state index in [9.17, 15) is 9.59 Å². The Morgan fingerprint density at radius 1 is 1.03 bits per heavy atom. The lowest BCUT2D eigenvalue weighted by Crippen LogP contribution is -2.30. The molecule has 2 aromatic heterocycles. The van der Waals surface area contributed by atoms with Gasteiger partial charge in [0.25, 0.3) is 11.5 Å². The topological polar surface area (TPSA) is 73.2 Å². The van der Waals surface area contributed by atoms with Crippen LogP contribution in [0.1, 0.15) is 27.0 Å². The highest BCUT2D eigenvalue weighted by atomic mass is 16.5. The maximum absolute atomic E-state index is 13.3. The fraction of sp³-hybridized carbons (Fsp3) is 0.160. The number of anilines is 1. The van der Waals surface area contributed by atoms with E-state index < -0.39 is 11.5 Å². The molecule has 0 saturated heterocycles.